The maximum atomic E-state index is 13.6. The predicted molar refractivity (Wildman–Crippen MR) is 151 cm³/mol. The Hall–Kier alpha value is -4.56. The van der Waals surface area contributed by atoms with E-state index >= 15 is 0 Å². The maximum absolute atomic E-state index is 13.6. The van der Waals surface area contributed by atoms with Crippen molar-refractivity contribution in [2.75, 3.05) is 5.32 Å². The van der Waals surface area contributed by atoms with E-state index in [1.807, 2.05) is 84.9 Å². The number of rotatable bonds is 5. The second-order valence-corrected chi connectivity index (χ2v) is 10.4. The molecule has 6 aromatic rings. The van der Waals surface area contributed by atoms with Crippen LogP contribution in [0.3, 0.4) is 0 Å². The molecule has 8 heteroatoms. The van der Waals surface area contributed by atoms with Gasteiger partial charge < -0.3 is 10.3 Å². The van der Waals surface area contributed by atoms with Gasteiger partial charge in [0.2, 0.25) is 5.82 Å². The number of H-pyrrole nitrogens is 1. The summed E-state index contributed by atoms with van der Waals surface area (Å²) in [4.78, 5) is 28.0. The van der Waals surface area contributed by atoms with Crippen molar-refractivity contribution in [2.24, 2.45) is 0 Å². The highest BCUT2D eigenvalue weighted by molar-refractivity contribution is 7.17. The van der Waals surface area contributed by atoms with Gasteiger partial charge in [0, 0.05) is 10.4 Å². The first kappa shape index (κ1) is 22.6. The summed E-state index contributed by atoms with van der Waals surface area (Å²) in [6.45, 7) is 0. The zero-order valence-electron chi connectivity index (χ0n) is 20.5. The molecular formula is C30H24N6OS. The van der Waals surface area contributed by atoms with Gasteiger partial charge in [0.1, 0.15) is 10.8 Å². The molecule has 2 N–H and O–H groups in total. The van der Waals surface area contributed by atoms with Gasteiger partial charge in [0.15, 0.2) is 5.82 Å². The fraction of sp³-hybridized carbons (Fsp3) is 0.133. The van der Waals surface area contributed by atoms with Crippen LogP contribution in [0.2, 0.25) is 0 Å². The Morgan fingerprint density at radius 2 is 1.61 bits per heavy atom. The molecule has 0 unspecified atom stereocenters. The molecule has 3 aromatic carbocycles. The third-order valence-electron chi connectivity index (χ3n) is 6.87. The van der Waals surface area contributed by atoms with Crippen LogP contribution in [-0.2, 0) is 12.8 Å². The molecule has 1 aliphatic rings. The lowest BCUT2D eigenvalue weighted by atomic mass is 9.95. The third kappa shape index (κ3) is 3.99. The minimum absolute atomic E-state index is 0.120. The molecule has 1 aliphatic carbocycles. The number of hydrogen-bond donors (Lipinski definition) is 2. The molecule has 0 saturated heterocycles. The lowest BCUT2D eigenvalue weighted by molar-refractivity contribution is 0.101. The predicted octanol–water partition coefficient (Wildman–Crippen LogP) is 6.67. The number of carbonyl (C=O) groups excluding carboxylic acids is 1. The standard InChI is InChI=1S/C30H24N6OS/c37-29(27-33-28(19-11-3-1-4-12-19)36(35-27)20-13-5-2-6-14-20)34-30-25(21-15-7-10-18-24(21)38-30)26-31-22-16-8-9-17-23(22)32-26/h1-6,8-9,11-14,16-17H,7,10,15,18H2,(H,31,32)(H,34,37). The van der Waals surface area contributed by atoms with Crippen molar-refractivity contribution in [2.45, 2.75) is 25.7 Å². The number of benzene rings is 3. The molecule has 186 valence electrons. The summed E-state index contributed by atoms with van der Waals surface area (Å²) in [6, 6.07) is 27.6. The molecule has 0 fully saturated rings. The van der Waals surface area contributed by atoms with Crippen molar-refractivity contribution in [3.05, 3.63) is 101 Å². The van der Waals surface area contributed by atoms with Crippen LogP contribution in [0, 0.1) is 0 Å². The summed E-state index contributed by atoms with van der Waals surface area (Å²) in [7, 11) is 0. The molecule has 0 bridgehead atoms. The summed E-state index contributed by atoms with van der Waals surface area (Å²) in [5.41, 5.74) is 5.88. The highest BCUT2D eigenvalue weighted by Gasteiger charge is 2.27. The molecule has 0 spiro atoms. The summed E-state index contributed by atoms with van der Waals surface area (Å²) >= 11 is 1.64. The number of para-hydroxylation sites is 3. The lowest BCUT2D eigenvalue weighted by Gasteiger charge is -2.11. The molecule has 0 aliphatic heterocycles. The van der Waals surface area contributed by atoms with Gasteiger partial charge >= 0.3 is 0 Å². The maximum Gasteiger partial charge on any atom is 0.295 e. The van der Waals surface area contributed by atoms with Crippen molar-refractivity contribution >= 4 is 33.3 Å². The largest absolute Gasteiger partial charge is 0.338 e. The zero-order chi connectivity index (χ0) is 25.5. The van der Waals surface area contributed by atoms with Gasteiger partial charge in [-0.1, -0.05) is 60.7 Å². The second-order valence-electron chi connectivity index (χ2n) is 9.34. The summed E-state index contributed by atoms with van der Waals surface area (Å²) in [5, 5.41) is 8.59. The quantitative estimate of drug-likeness (QED) is 0.268. The van der Waals surface area contributed by atoms with E-state index in [0.717, 1.165) is 64.4 Å². The van der Waals surface area contributed by atoms with Gasteiger partial charge in [-0.25, -0.2) is 14.6 Å². The van der Waals surface area contributed by atoms with Gasteiger partial charge in [-0.15, -0.1) is 16.4 Å². The number of aryl methyl sites for hydroxylation is 1. The van der Waals surface area contributed by atoms with E-state index < -0.39 is 0 Å². The number of thiophene rings is 1. The Labute approximate surface area is 223 Å². The Morgan fingerprint density at radius 3 is 2.42 bits per heavy atom. The normalized spacial score (nSPS) is 12.9. The van der Waals surface area contributed by atoms with Gasteiger partial charge in [-0.2, -0.15) is 0 Å². The summed E-state index contributed by atoms with van der Waals surface area (Å²) in [6.07, 6.45) is 4.28. The Balaban J connectivity index is 1.30. The zero-order valence-corrected chi connectivity index (χ0v) is 21.3. The van der Waals surface area contributed by atoms with E-state index in [2.05, 4.69) is 15.4 Å². The highest BCUT2D eigenvalue weighted by Crippen LogP contribution is 2.44. The molecule has 3 aromatic heterocycles. The van der Waals surface area contributed by atoms with E-state index in [-0.39, 0.29) is 11.7 Å². The molecule has 0 radical (unpaired) electrons. The summed E-state index contributed by atoms with van der Waals surface area (Å²) in [5.74, 6) is 1.18. The number of nitrogens with one attached hydrogen (secondary N) is 2. The van der Waals surface area contributed by atoms with Crippen molar-refractivity contribution < 1.29 is 4.79 Å². The number of anilines is 1. The van der Waals surface area contributed by atoms with E-state index in [4.69, 9.17) is 9.97 Å². The van der Waals surface area contributed by atoms with Crippen LogP contribution in [-0.4, -0.2) is 30.6 Å². The van der Waals surface area contributed by atoms with Crippen LogP contribution < -0.4 is 5.32 Å². The smallest absolute Gasteiger partial charge is 0.295 e. The number of aromatic nitrogens is 5. The SMILES string of the molecule is O=C(Nc1sc2c(c1-c1nc3ccccc3[nH]1)CCCC2)c1nc(-c2ccccc2)n(-c2ccccc2)n1. The second kappa shape index (κ2) is 9.39. The van der Waals surface area contributed by atoms with Crippen LogP contribution in [0.5, 0.6) is 0 Å². The first-order valence-corrected chi connectivity index (χ1v) is 13.5. The Kier molecular flexibility index (Phi) is 5.59. The number of aromatic amines is 1. The molecule has 0 atom stereocenters. The third-order valence-corrected chi connectivity index (χ3v) is 8.07. The van der Waals surface area contributed by atoms with Crippen LogP contribution in [0.15, 0.2) is 84.9 Å². The van der Waals surface area contributed by atoms with Crippen molar-refractivity contribution in [3.63, 3.8) is 0 Å². The molecule has 7 rings (SSSR count). The van der Waals surface area contributed by atoms with Gasteiger partial charge in [-0.05, 0) is 55.5 Å². The molecular weight excluding hydrogens is 492 g/mol. The fourth-order valence-corrected chi connectivity index (χ4v) is 6.35. The van der Waals surface area contributed by atoms with Crippen LogP contribution in [0.25, 0.3) is 39.5 Å². The highest BCUT2D eigenvalue weighted by atomic mass is 32.1. The van der Waals surface area contributed by atoms with Crippen molar-refractivity contribution in [1.29, 1.82) is 0 Å². The minimum Gasteiger partial charge on any atom is -0.338 e. The molecule has 3 heterocycles. The van der Waals surface area contributed by atoms with Crippen LogP contribution in [0.1, 0.15) is 33.9 Å². The lowest BCUT2D eigenvalue weighted by Crippen LogP contribution is -2.14. The van der Waals surface area contributed by atoms with E-state index in [9.17, 15) is 4.79 Å². The first-order chi connectivity index (χ1) is 18.7. The number of amides is 1. The minimum atomic E-state index is -0.340. The molecule has 7 nitrogen and oxygen atoms in total. The first-order valence-electron chi connectivity index (χ1n) is 12.7. The number of nitrogens with zero attached hydrogens (tertiary/aromatic N) is 4. The van der Waals surface area contributed by atoms with Crippen LogP contribution in [0.4, 0.5) is 5.00 Å². The van der Waals surface area contributed by atoms with E-state index in [1.165, 1.54) is 10.4 Å². The average Bonchev–Trinajstić information content (AvgIpc) is 3.68. The molecule has 38 heavy (non-hydrogen) atoms. The average molecular weight is 517 g/mol. The number of imidazole rings is 1. The van der Waals surface area contributed by atoms with E-state index in [0.29, 0.717) is 5.82 Å². The Morgan fingerprint density at radius 1 is 0.868 bits per heavy atom. The fourth-order valence-electron chi connectivity index (χ4n) is 5.07. The number of hydrogen-bond acceptors (Lipinski definition) is 5. The van der Waals surface area contributed by atoms with Gasteiger partial charge in [0.05, 0.1) is 22.3 Å². The molecule has 1 amide bonds. The van der Waals surface area contributed by atoms with E-state index in [1.54, 1.807) is 16.0 Å². The number of fused-ring (bicyclic) bond motifs is 2. The molecule has 0 saturated carbocycles. The van der Waals surface area contributed by atoms with Crippen molar-refractivity contribution in [1.82, 2.24) is 24.7 Å². The summed E-state index contributed by atoms with van der Waals surface area (Å²) < 4.78 is 1.73. The van der Waals surface area contributed by atoms with Crippen LogP contribution >= 0.6 is 11.3 Å². The topological polar surface area (TPSA) is 88.5 Å². The van der Waals surface area contributed by atoms with Crippen molar-refractivity contribution in [3.8, 4) is 28.5 Å². The number of carbonyl (C=O) groups is 1. The monoisotopic (exact) mass is 516 g/mol. The van der Waals surface area contributed by atoms with Gasteiger partial charge in [0.25, 0.3) is 5.91 Å². The Bertz CT molecular complexity index is 1680. The van der Waals surface area contributed by atoms with Gasteiger partial charge in [-0.3, -0.25) is 4.79 Å².